The van der Waals surface area contributed by atoms with E-state index < -0.39 is 24.0 Å². The Labute approximate surface area is 233 Å². The molecule has 0 radical (unpaired) electrons. The summed E-state index contributed by atoms with van der Waals surface area (Å²) in [5, 5.41) is 17.6. The topological polar surface area (TPSA) is 124 Å². The second-order valence-corrected chi connectivity index (χ2v) is 9.84. The summed E-state index contributed by atoms with van der Waals surface area (Å²) in [5.41, 5.74) is 3.65. The molecule has 1 atom stereocenters. The van der Waals surface area contributed by atoms with Crippen molar-refractivity contribution in [2.75, 3.05) is 11.9 Å². The van der Waals surface area contributed by atoms with Gasteiger partial charge < -0.3 is 30.4 Å². The quantitative estimate of drug-likeness (QED) is 0.220. The number of carbonyl (C=O) groups excluding carboxylic acids is 2. The van der Waals surface area contributed by atoms with Gasteiger partial charge in [0, 0.05) is 41.8 Å². The Hall–Kier alpha value is -4.57. The highest BCUT2D eigenvalue weighted by Crippen LogP contribution is 2.34. The van der Waals surface area contributed by atoms with Gasteiger partial charge in [-0.1, -0.05) is 41.9 Å². The first-order chi connectivity index (χ1) is 19.3. The standard InChI is InChI=1S/C29H26ClFN4O5/c30-23-7-2-6-20(25(23)31)16-32-27(36)24-8-3-10-35(24)28(37)34-21-13-19-9-11-40-26(19)22(14-21)18-5-1-4-17(12-18)15-33-29(38)39/h1-2,4-7,9,11-14,24,33H,3,8,10,15-16H2,(H,32,36)(H,34,37)(H,38,39)/t24-/m0/s1. The molecule has 4 aromatic rings. The van der Waals surface area contributed by atoms with Gasteiger partial charge in [0.2, 0.25) is 5.91 Å². The number of hydrogen-bond donors (Lipinski definition) is 4. The Morgan fingerprint density at radius 1 is 1.05 bits per heavy atom. The summed E-state index contributed by atoms with van der Waals surface area (Å²) in [5.74, 6) is -0.954. The number of benzene rings is 3. The van der Waals surface area contributed by atoms with Crippen LogP contribution in [0.3, 0.4) is 0 Å². The Kier molecular flexibility index (Phi) is 7.88. The lowest BCUT2D eigenvalue weighted by atomic mass is 10.0. The van der Waals surface area contributed by atoms with Crippen molar-refractivity contribution in [2.24, 2.45) is 0 Å². The number of carboxylic acid groups (broad SMARTS) is 1. The van der Waals surface area contributed by atoms with Crippen LogP contribution >= 0.6 is 11.6 Å². The van der Waals surface area contributed by atoms with Crippen molar-refractivity contribution in [3.05, 3.63) is 88.9 Å². The molecule has 2 heterocycles. The molecular formula is C29H26ClFN4O5. The summed E-state index contributed by atoms with van der Waals surface area (Å²) >= 11 is 5.83. The zero-order chi connectivity index (χ0) is 28.2. The zero-order valence-corrected chi connectivity index (χ0v) is 22.0. The molecule has 0 unspecified atom stereocenters. The van der Waals surface area contributed by atoms with Crippen LogP contribution in [0.1, 0.15) is 24.0 Å². The van der Waals surface area contributed by atoms with Crippen molar-refractivity contribution in [3.8, 4) is 11.1 Å². The fourth-order valence-electron chi connectivity index (χ4n) is 4.86. The second kappa shape index (κ2) is 11.7. The van der Waals surface area contributed by atoms with Crippen LogP contribution in [-0.2, 0) is 17.9 Å². The average molecular weight is 565 g/mol. The monoisotopic (exact) mass is 564 g/mol. The maximum atomic E-state index is 14.2. The summed E-state index contributed by atoms with van der Waals surface area (Å²) in [6.07, 6.45) is 1.58. The Morgan fingerprint density at radius 3 is 2.70 bits per heavy atom. The molecule has 11 heteroatoms. The number of rotatable bonds is 7. The van der Waals surface area contributed by atoms with Gasteiger partial charge in [-0.05, 0) is 54.3 Å². The van der Waals surface area contributed by atoms with Crippen LogP contribution in [0, 0.1) is 5.82 Å². The number of amides is 4. The molecule has 4 N–H and O–H groups in total. The van der Waals surface area contributed by atoms with Crippen molar-refractivity contribution in [1.82, 2.24) is 15.5 Å². The minimum absolute atomic E-state index is 0.0220. The predicted molar refractivity (Wildman–Crippen MR) is 149 cm³/mol. The molecule has 0 spiro atoms. The van der Waals surface area contributed by atoms with Gasteiger partial charge in [-0.25, -0.2) is 14.0 Å². The third-order valence-corrected chi connectivity index (χ3v) is 7.08. The van der Waals surface area contributed by atoms with E-state index in [1.807, 2.05) is 24.3 Å². The molecule has 1 aliphatic heterocycles. The lowest BCUT2D eigenvalue weighted by Crippen LogP contribution is -2.47. The molecule has 1 saturated heterocycles. The van der Waals surface area contributed by atoms with E-state index in [-0.39, 0.29) is 29.6 Å². The van der Waals surface area contributed by atoms with Gasteiger partial charge in [0.15, 0.2) is 0 Å². The first-order valence-corrected chi connectivity index (χ1v) is 13.0. The van der Waals surface area contributed by atoms with Crippen molar-refractivity contribution in [2.45, 2.75) is 32.0 Å². The van der Waals surface area contributed by atoms with E-state index in [0.29, 0.717) is 36.2 Å². The second-order valence-electron chi connectivity index (χ2n) is 9.43. The smallest absolute Gasteiger partial charge is 0.404 e. The van der Waals surface area contributed by atoms with E-state index in [1.54, 1.807) is 36.6 Å². The van der Waals surface area contributed by atoms with Gasteiger partial charge in [-0.2, -0.15) is 0 Å². The molecule has 40 heavy (non-hydrogen) atoms. The summed E-state index contributed by atoms with van der Waals surface area (Å²) in [6.45, 7) is 0.497. The molecule has 0 saturated carbocycles. The summed E-state index contributed by atoms with van der Waals surface area (Å²) < 4.78 is 19.9. The predicted octanol–water partition coefficient (Wildman–Crippen LogP) is 5.97. The number of hydrogen-bond acceptors (Lipinski definition) is 4. The van der Waals surface area contributed by atoms with Gasteiger partial charge in [0.05, 0.1) is 11.3 Å². The van der Waals surface area contributed by atoms with E-state index in [4.69, 9.17) is 21.1 Å². The van der Waals surface area contributed by atoms with Crippen molar-refractivity contribution in [3.63, 3.8) is 0 Å². The van der Waals surface area contributed by atoms with Crippen molar-refractivity contribution >= 4 is 46.3 Å². The first kappa shape index (κ1) is 27.0. The van der Waals surface area contributed by atoms with Gasteiger partial charge in [0.1, 0.15) is 17.4 Å². The van der Waals surface area contributed by atoms with E-state index in [2.05, 4.69) is 16.0 Å². The molecule has 9 nitrogen and oxygen atoms in total. The molecule has 1 fully saturated rings. The zero-order valence-electron chi connectivity index (χ0n) is 21.2. The molecule has 206 valence electrons. The van der Waals surface area contributed by atoms with Crippen molar-refractivity contribution < 1.29 is 28.3 Å². The highest BCUT2D eigenvalue weighted by atomic mass is 35.5. The number of urea groups is 1. The maximum absolute atomic E-state index is 14.2. The van der Waals surface area contributed by atoms with Crippen LogP contribution < -0.4 is 16.0 Å². The fourth-order valence-corrected chi connectivity index (χ4v) is 5.05. The number of likely N-dealkylation sites (tertiary alicyclic amines) is 1. The highest BCUT2D eigenvalue weighted by molar-refractivity contribution is 6.30. The number of fused-ring (bicyclic) bond motifs is 1. The molecular weight excluding hydrogens is 539 g/mol. The first-order valence-electron chi connectivity index (χ1n) is 12.7. The third kappa shape index (κ3) is 5.86. The van der Waals surface area contributed by atoms with Crippen molar-refractivity contribution in [1.29, 1.82) is 0 Å². The Bertz CT molecular complexity index is 1590. The molecule has 3 aromatic carbocycles. The normalized spacial score (nSPS) is 14.8. The molecule has 0 bridgehead atoms. The lowest BCUT2D eigenvalue weighted by Gasteiger charge is -2.24. The van der Waals surface area contributed by atoms with Crippen LogP contribution in [-0.4, -0.2) is 40.6 Å². The maximum Gasteiger partial charge on any atom is 0.404 e. The fraction of sp³-hybridized carbons (Fsp3) is 0.207. The molecule has 1 aliphatic rings. The van der Waals surface area contributed by atoms with E-state index in [1.165, 1.54) is 11.0 Å². The number of nitrogens with one attached hydrogen (secondary N) is 3. The molecule has 5 rings (SSSR count). The van der Waals surface area contributed by atoms with E-state index in [0.717, 1.165) is 16.5 Å². The average Bonchev–Trinajstić information content (AvgIpc) is 3.62. The number of furan rings is 1. The van der Waals surface area contributed by atoms with Crippen LogP contribution in [0.4, 0.5) is 19.7 Å². The summed E-state index contributed by atoms with van der Waals surface area (Å²) in [6, 6.07) is 16.1. The number of carbonyl (C=O) groups is 3. The lowest BCUT2D eigenvalue weighted by molar-refractivity contribution is -0.124. The molecule has 0 aliphatic carbocycles. The number of anilines is 1. The van der Waals surface area contributed by atoms with Crippen LogP contribution in [0.2, 0.25) is 5.02 Å². The largest absolute Gasteiger partial charge is 0.465 e. The van der Waals surface area contributed by atoms with Gasteiger partial charge in [-0.3, -0.25) is 4.79 Å². The molecule has 1 aromatic heterocycles. The minimum Gasteiger partial charge on any atom is -0.465 e. The van der Waals surface area contributed by atoms with Crippen LogP contribution in [0.25, 0.3) is 22.1 Å². The van der Waals surface area contributed by atoms with Gasteiger partial charge in [0.25, 0.3) is 0 Å². The Morgan fingerprint density at radius 2 is 1.88 bits per heavy atom. The van der Waals surface area contributed by atoms with E-state index >= 15 is 0 Å². The SMILES string of the molecule is O=C(O)NCc1cccc(-c2cc(NC(=O)N3CCC[C@H]3C(=O)NCc3cccc(Cl)c3F)cc3ccoc23)c1. The number of halogens is 2. The highest BCUT2D eigenvalue weighted by Gasteiger charge is 2.34. The van der Waals surface area contributed by atoms with Gasteiger partial charge >= 0.3 is 12.1 Å². The Balaban J connectivity index is 1.32. The summed E-state index contributed by atoms with van der Waals surface area (Å²) in [4.78, 5) is 38.6. The number of nitrogens with zero attached hydrogens (tertiary/aromatic N) is 1. The molecule has 4 amide bonds. The van der Waals surface area contributed by atoms with Gasteiger partial charge in [-0.15, -0.1) is 0 Å². The summed E-state index contributed by atoms with van der Waals surface area (Å²) in [7, 11) is 0. The third-order valence-electron chi connectivity index (χ3n) is 6.79. The van der Waals surface area contributed by atoms with E-state index in [9.17, 15) is 18.8 Å². The van der Waals surface area contributed by atoms with Crippen LogP contribution in [0.15, 0.2) is 71.3 Å². The van der Waals surface area contributed by atoms with Crippen LogP contribution in [0.5, 0.6) is 0 Å². The minimum atomic E-state index is -1.12.